The molecule has 0 atom stereocenters. The van der Waals surface area contributed by atoms with Gasteiger partial charge in [0.25, 0.3) is 5.91 Å². The molecule has 1 saturated heterocycles. The van der Waals surface area contributed by atoms with Crippen LogP contribution in [0.25, 0.3) is 0 Å². The third-order valence-electron chi connectivity index (χ3n) is 3.14. The summed E-state index contributed by atoms with van der Waals surface area (Å²) in [6.07, 6.45) is 5.02. The van der Waals surface area contributed by atoms with E-state index in [9.17, 15) is 4.79 Å². The van der Waals surface area contributed by atoms with E-state index in [1.54, 1.807) is 6.20 Å². The Morgan fingerprint density at radius 2 is 2.17 bits per heavy atom. The van der Waals surface area contributed by atoms with Gasteiger partial charge >= 0.3 is 0 Å². The third kappa shape index (κ3) is 3.22. The van der Waals surface area contributed by atoms with Crippen molar-refractivity contribution in [3.05, 3.63) is 27.5 Å². The summed E-state index contributed by atoms with van der Waals surface area (Å²) >= 11 is 9.34. The first-order valence-electron chi connectivity index (χ1n) is 5.86. The summed E-state index contributed by atoms with van der Waals surface area (Å²) in [5.74, 6) is -0.150. The van der Waals surface area contributed by atoms with Gasteiger partial charge in [0.05, 0.1) is 15.1 Å². The van der Waals surface area contributed by atoms with Crippen LogP contribution in [0, 0.1) is 0 Å². The molecule has 1 fully saturated rings. The second kappa shape index (κ2) is 5.99. The number of carbonyl (C=O) groups is 1. The number of nitrogens with one attached hydrogen (secondary N) is 1. The van der Waals surface area contributed by atoms with Crippen LogP contribution in [-0.2, 0) is 0 Å². The van der Waals surface area contributed by atoms with E-state index in [-0.39, 0.29) is 11.9 Å². The van der Waals surface area contributed by atoms with Gasteiger partial charge in [0.2, 0.25) is 0 Å². The lowest BCUT2D eigenvalue weighted by atomic mass is 10.1. The lowest BCUT2D eigenvalue weighted by Crippen LogP contribution is -2.43. The van der Waals surface area contributed by atoms with Crippen LogP contribution < -0.4 is 5.32 Å². The van der Waals surface area contributed by atoms with Gasteiger partial charge in [-0.3, -0.25) is 9.78 Å². The number of nitrogens with zero attached hydrogens (tertiary/aromatic N) is 2. The van der Waals surface area contributed by atoms with Crippen molar-refractivity contribution >= 4 is 33.4 Å². The first kappa shape index (κ1) is 13.8. The highest BCUT2D eigenvalue weighted by molar-refractivity contribution is 9.10. The first-order valence-corrected chi connectivity index (χ1v) is 7.03. The predicted octanol–water partition coefficient (Wildman–Crippen LogP) is 2.32. The maximum absolute atomic E-state index is 12.1. The number of likely N-dealkylation sites (tertiary alicyclic amines) is 1. The zero-order valence-corrected chi connectivity index (χ0v) is 12.5. The smallest absolute Gasteiger partial charge is 0.254 e. The van der Waals surface area contributed by atoms with Crippen LogP contribution in [-0.4, -0.2) is 42.0 Å². The molecular weight excluding hydrogens is 318 g/mol. The zero-order chi connectivity index (χ0) is 13.1. The van der Waals surface area contributed by atoms with Gasteiger partial charge in [-0.05, 0) is 48.9 Å². The van der Waals surface area contributed by atoms with Crippen molar-refractivity contribution in [3.8, 4) is 0 Å². The van der Waals surface area contributed by atoms with Gasteiger partial charge in [0.1, 0.15) is 0 Å². The summed E-state index contributed by atoms with van der Waals surface area (Å²) in [5, 5.41) is 3.43. The molecule has 1 amide bonds. The predicted molar refractivity (Wildman–Crippen MR) is 74.9 cm³/mol. The molecule has 1 aromatic rings. The fourth-order valence-electron chi connectivity index (χ4n) is 1.99. The van der Waals surface area contributed by atoms with Gasteiger partial charge < -0.3 is 10.2 Å². The lowest BCUT2D eigenvalue weighted by molar-refractivity contribution is 0.0916. The topological polar surface area (TPSA) is 45.2 Å². The molecule has 98 valence electrons. The van der Waals surface area contributed by atoms with E-state index < -0.39 is 0 Å². The first-order chi connectivity index (χ1) is 8.58. The summed E-state index contributed by atoms with van der Waals surface area (Å²) in [6.45, 7) is 2.02. The van der Waals surface area contributed by atoms with Crippen molar-refractivity contribution in [2.75, 3.05) is 20.1 Å². The second-order valence-corrected chi connectivity index (χ2v) is 5.77. The van der Waals surface area contributed by atoms with E-state index in [0.717, 1.165) is 25.9 Å². The minimum Gasteiger partial charge on any atom is -0.349 e. The van der Waals surface area contributed by atoms with Crippen LogP contribution in [0.3, 0.4) is 0 Å². The maximum Gasteiger partial charge on any atom is 0.254 e. The number of hydrogen-bond donors (Lipinski definition) is 1. The van der Waals surface area contributed by atoms with Gasteiger partial charge in [-0.2, -0.15) is 0 Å². The minimum atomic E-state index is -0.150. The summed E-state index contributed by atoms with van der Waals surface area (Å²) in [6, 6.07) is 0.226. The molecule has 2 heterocycles. The molecule has 6 heteroatoms. The average molecular weight is 333 g/mol. The highest BCUT2D eigenvalue weighted by Crippen LogP contribution is 2.25. The molecule has 0 spiro atoms. The number of amides is 1. The van der Waals surface area contributed by atoms with Crippen molar-refractivity contribution in [2.45, 2.75) is 18.9 Å². The number of pyridine rings is 1. The SMILES string of the molecule is CN1CCC(NC(=O)c2cncc(Br)c2Cl)CC1. The monoisotopic (exact) mass is 331 g/mol. The molecule has 0 saturated carbocycles. The van der Waals surface area contributed by atoms with Crippen LogP contribution in [0.15, 0.2) is 16.9 Å². The van der Waals surface area contributed by atoms with Crippen molar-refractivity contribution in [1.82, 2.24) is 15.2 Å². The highest BCUT2D eigenvalue weighted by atomic mass is 79.9. The quantitative estimate of drug-likeness (QED) is 0.904. The Morgan fingerprint density at radius 3 is 2.83 bits per heavy atom. The van der Waals surface area contributed by atoms with Crippen LogP contribution in [0.1, 0.15) is 23.2 Å². The Balaban J connectivity index is 2.01. The number of rotatable bonds is 2. The lowest BCUT2D eigenvalue weighted by Gasteiger charge is -2.29. The van der Waals surface area contributed by atoms with Crippen LogP contribution in [0.2, 0.25) is 5.02 Å². The number of aromatic nitrogens is 1. The molecular formula is C12H15BrClN3O. The van der Waals surface area contributed by atoms with Crippen LogP contribution >= 0.6 is 27.5 Å². The minimum absolute atomic E-state index is 0.150. The standard InChI is InChI=1S/C12H15BrClN3O/c1-17-4-2-8(3-5-17)16-12(18)9-6-15-7-10(13)11(9)14/h6-8H,2-5H2,1H3,(H,16,18). The molecule has 0 unspecified atom stereocenters. The molecule has 2 rings (SSSR count). The summed E-state index contributed by atoms with van der Waals surface area (Å²) in [7, 11) is 2.09. The molecule has 1 N–H and O–H groups in total. The Bertz CT molecular complexity index is 447. The summed E-state index contributed by atoms with van der Waals surface area (Å²) < 4.78 is 0.639. The van der Waals surface area contributed by atoms with Gasteiger partial charge in [0, 0.05) is 18.4 Å². The van der Waals surface area contributed by atoms with E-state index >= 15 is 0 Å². The third-order valence-corrected chi connectivity index (χ3v) is 4.37. The van der Waals surface area contributed by atoms with E-state index in [2.05, 4.69) is 38.2 Å². The normalized spacial score (nSPS) is 17.7. The molecule has 0 bridgehead atoms. The van der Waals surface area contributed by atoms with Crippen molar-refractivity contribution in [3.63, 3.8) is 0 Å². The molecule has 1 aliphatic rings. The summed E-state index contributed by atoms with van der Waals surface area (Å²) in [4.78, 5) is 18.3. The van der Waals surface area contributed by atoms with Gasteiger partial charge in [-0.15, -0.1) is 0 Å². The molecule has 18 heavy (non-hydrogen) atoms. The van der Waals surface area contributed by atoms with E-state index in [1.165, 1.54) is 6.20 Å². The van der Waals surface area contributed by atoms with E-state index in [1.807, 2.05) is 0 Å². The van der Waals surface area contributed by atoms with Gasteiger partial charge in [-0.25, -0.2) is 0 Å². The maximum atomic E-state index is 12.1. The van der Waals surface area contributed by atoms with Gasteiger partial charge in [-0.1, -0.05) is 11.6 Å². The highest BCUT2D eigenvalue weighted by Gasteiger charge is 2.20. The fourth-order valence-corrected chi connectivity index (χ4v) is 2.51. The average Bonchev–Trinajstić information content (AvgIpc) is 2.35. The largest absolute Gasteiger partial charge is 0.349 e. The zero-order valence-electron chi connectivity index (χ0n) is 10.1. The van der Waals surface area contributed by atoms with E-state index in [4.69, 9.17) is 11.6 Å². The molecule has 0 aromatic carbocycles. The Hall–Kier alpha value is -0.650. The Kier molecular flexibility index (Phi) is 4.59. The molecule has 0 aliphatic carbocycles. The molecule has 4 nitrogen and oxygen atoms in total. The van der Waals surface area contributed by atoms with Crippen molar-refractivity contribution < 1.29 is 4.79 Å². The summed E-state index contributed by atoms with van der Waals surface area (Å²) in [5.41, 5.74) is 0.421. The fraction of sp³-hybridized carbons (Fsp3) is 0.500. The Labute approximate surface area is 120 Å². The van der Waals surface area contributed by atoms with Crippen molar-refractivity contribution in [2.24, 2.45) is 0 Å². The molecule has 1 aliphatic heterocycles. The molecule has 1 aromatic heterocycles. The van der Waals surface area contributed by atoms with Gasteiger partial charge in [0.15, 0.2) is 0 Å². The number of piperidine rings is 1. The van der Waals surface area contributed by atoms with Crippen LogP contribution in [0.4, 0.5) is 0 Å². The number of halogens is 2. The van der Waals surface area contributed by atoms with E-state index in [0.29, 0.717) is 15.1 Å². The number of carbonyl (C=O) groups excluding carboxylic acids is 1. The number of hydrogen-bond acceptors (Lipinski definition) is 3. The molecule has 0 radical (unpaired) electrons. The van der Waals surface area contributed by atoms with Crippen LogP contribution in [0.5, 0.6) is 0 Å². The second-order valence-electron chi connectivity index (χ2n) is 4.53. The Morgan fingerprint density at radius 1 is 1.50 bits per heavy atom. The van der Waals surface area contributed by atoms with Crippen molar-refractivity contribution in [1.29, 1.82) is 0 Å².